The minimum atomic E-state index is -0.914. The highest BCUT2D eigenvalue weighted by atomic mass is 19.2. The third-order valence-corrected chi connectivity index (χ3v) is 2.54. The molecule has 1 unspecified atom stereocenters. The molecule has 0 radical (unpaired) electrons. The minimum Gasteiger partial charge on any atom is -0.340 e. The topological polar surface area (TPSA) is 46.3 Å². The maximum absolute atomic E-state index is 13.0. The standard InChI is InChI=1S/C12H16F2N2O/c1-3-11(15)12(17)16(2)7-8-4-5-9(13)10(14)6-8/h4-6,11H,3,7,15H2,1-2H3. The number of benzene rings is 1. The first kappa shape index (κ1) is 13.6. The van der Waals surface area contributed by atoms with E-state index in [2.05, 4.69) is 0 Å². The van der Waals surface area contributed by atoms with Gasteiger partial charge in [0.05, 0.1) is 6.04 Å². The average molecular weight is 242 g/mol. The molecule has 0 fully saturated rings. The highest BCUT2D eigenvalue weighted by Gasteiger charge is 2.16. The molecule has 0 saturated carbocycles. The van der Waals surface area contributed by atoms with Gasteiger partial charge in [-0.05, 0) is 24.1 Å². The number of hydrogen-bond donors (Lipinski definition) is 1. The maximum atomic E-state index is 13.0. The van der Waals surface area contributed by atoms with Crippen molar-refractivity contribution in [1.82, 2.24) is 4.90 Å². The average Bonchev–Trinajstić information content (AvgIpc) is 2.31. The van der Waals surface area contributed by atoms with Gasteiger partial charge in [-0.25, -0.2) is 8.78 Å². The van der Waals surface area contributed by atoms with Crippen LogP contribution in [0.25, 0.3) is 0 Å². The molecule has 5 heteroatoms. The zero-order chi connectivity index (χ0) is 13.0. The van der Waals surface area contributed by atoms with E-state index in [1.807, 2.05) is 6.92 Å². The predicted molar refractivity (Wildman–Crippen MR) is 61.1 cm³/mol. The molecule has 17 heavy (non-hydrogen) atoms. The van der Waals surface area contributed by atoms with Crippen LogP contribution < -0.4 is 5.73 Å². The van der Waals surface area contributed by atoms with Gasteiger partial charge in [0.25, 0.3) is 0 Å². The van der Waals surface area contributed by atoms with Crippen LogP contribution >= 0.6 is 0 Å². The highest BCUT2D eigenvalue weighted by molar-refractivity contribution is 5.81. The van der Waals surface area contributed by atoms with E-state index in [0.29, 0.717) is 12.0 Å². The van der Waals surface area contributed by atoms with Gasteiger partial charge in [-0.3, -0.25) is 4.79 Å². The normalized spacial score (nSPS) is 12.3. The molecular formula is C12H16F2N2O. The van der Waals surface area contributed by atoms with Gasteiger partial charge in [0.2, 0.25) is 5.91 Å². The lowest BCUT2D eigenvalue weighted by Gasteiger charge is -2.20. The fourth-order valence-electron chi connectivity index (χ4n) is 1.45. The molecule has 2 N–H and O–H groups in total. The van der Waals surface area contributed by atoms with Gasteiger partial charge >= 0.3 is 0 Å². The van der Waals surface area contributed by atoms with E-state index >= 15 is 0 Å². The Morgan fingerprint density at radius 3 is 2.59 bits per heavy atom. The van der Waals surface area contributed by atoms with Crippen molar-refractivity contribution in [3.05, 3.63) is 35.4 Å². The van der Waals surface area contributed by atoms with Gasteiger partial charge in [0.1, 0.15) is 0 Å². The van der Waals surface area contributed by atoms with Gasteiger partial charge in [0.15, 0.2) is 11.6 Å². The molecular weight excluding hydrogens is 226 g/mol. The molecule has 3 nitrogen and oxygen atoms in total. The first-order valence-electron chi connectivity index (χ1n) is 5.40. The van der Waals surface area contributed by atoms with Crippen molar-refractivity contribution in [3.63, 3.8) is 0 Å². The van der Waals surface area contributed by atoms with Crippen LogP contribution in [0.4, 0.5) is 8.78 Å². The van der Waals surface area contributed by atoms with E-state index in [1.54, 1.807) is 7.05 Å². The lowest BCUT2D eigenvalue weighted by Crippen LogP contribution is -2.40. The summed E-state index contributed by atoms with van der Waals surface area (Å²) in [5, 5.41) is 0. The number of amides is 1. The van der Waals surface area contributed by atoms with E-state index < -0.39 is 17.7 Å². The van der Waals surface area contributed by atoms with Gasteiger partial charge in [-0.15, -0.1) is 0 Å². The molecule has 0 aromatic heterocycles. The zero-order valence-corrected chi connectivity index (χ0v) is 9.91. The highest BCUT2D eigenvalue weighted by Crippen LogP contribution is 2.11. The Morgan fingerprint density at radius 2 is 2.06 bits per heavy atom. The van der Waals surface area contributed by atoms with Gasteiger partial charge in [-0.1, -0.05) is 13.0 Å². The molecule has 1 amide bonds. The van der Waals surface area contributed by atoms with Gasteiger partial charge in [0, 0.05) is 13.6 Å². The second-order valence-corrected chi connectivity index (χ2v) is 3.96. The van der Waals surface area contributed by atoms with Gasteiger partial charge in [-0.2, -0.15) is 0 Å². The zero-order valence-electron chi connectivity index (χ0n) is 9.91. The Labute approximate surface area is 99.2 Å². The van der Waals surface area contributed by atoms with Crippen LogP contribution in [0.15, 0.2) is 18.2 Å². The van der Waals surface area contributed by atoms with Crippen LogP contribution in [0, 0.1) is 11.6 Å². The summed E-state index contributed by atoms with van der Waals surface area (Å²) in [5.41, 5.74) is 6.13. The number of halogens is 2. The number of carbonyl (C=O) groups excluding carboxylic acids is 1. The molecule has 1 aromatic rings. The van der Waals surface area contributed by atoms with E-state index in [1.165, 1.54) is 11.0 Å². The number of nitrogens with two attached hydrogens (primary N) is 1. The summed E-state index contributed by atoms with van der Waals surface area (Å²) in [6.45, 7) is 2.03. The molecule has 0 aliphatic carbocycles. The monoisotopic (exact) mass is 242 g/mol. The molecule has 1 aromatic carbocycles. The van der Waals surface area contributed by atoms with Crippen molar-refractivity contribution < 1.29 is 13.6 Å². The lowest BCUT2D eigenvalue weighted by molar-refractivity contribution is -0.131. The predicted octanol–water partition coefficient (Wildman–Crippen LogP) is 1.66. The van der Waals surface area contributed by atoms with Crippen LogP contribution in [-0.4, -0.2) is 23.9 Å². The third-order valence-electron chi connectivity index (χ3n) is 2.54. The number of hydrogen-bond acceptors (Lipinski definition) is 2. The Balaban J connectivity index is 2.71. The van der Waals surface area contributed by atoms with Crippen LogP contribution in [0.5, 0.6) is 0 Å². The number of nitrogens with zero attached hydrogens (tertiary/aromatic N) is 1. The quantitative estimate of drug-likeness (QED) is 0.872. The Hall–Kier alpha value is -1.49. The van der Waals surface area contributed by atoms with Crippen molar-refractivity contribution in [2.75, 3.05) is 7.05 Å². The first-order chi connectivity index (χ1) is 7.95. The van der Waals surface area contributed by atoms with Crippen LogP contribution in [-0.2, 0) is 11.3 Å². The molecule has 1 rings (SSSR count). The van der Waals surface area contributed by atoms with Crippen LogP contribution in [0.2, 0.25) is 0 Å². The molecule has 0 bridgehead atoms. The molecule has 0 aliphatic heterocycles. The van der Waals surface area contributed by atoms with Crippen LogP contribution in [0.1, 0.15) is 18.9 Å². The van der Waals surface area contributed by atoms with E-state index in [0.717, 1.165) is 12.1 Å². The second-order valence-electron chi connectivity index (χ2n) is 3.96. The van der Waals surface area contributed by atoms with Crippen molar-refractivity contribution in [1.29, 1.82) is 0 Å². The second kappa shape index (κ2) is 5.72. The summed E-state index contributed by atoms with van der Waals surface area (Å²) < 4.78 is 25.7. The van der Waals surface area contributed by atoms with Crippen molar-refractivity contribution >= 4 is 5.91 Å². The summed E-state index contributed by atoms with van der Waals surface area (Å²) >= 11 is 0. The molecule has 94 valence electrons. The van der Waals surface area contributed by atoms with Crippen molar-refractivity contribution in [2.24, 2.45) is 5.73 Å². The summed E-state index contributed by atoms with van der Waals surface area (Å²) in [4.78, 5) is 13.1. The molecule has 0 aliphatic rings. The lowest BCUT2D eigenvalue weighted by atomic mass is 10.1. The third kappa shape index (κ3) is 3.49. The minimum absolute atomic E-state index is 0.211. The van der Waals surface area contributed by atoms with Crippen molar-refractivity contribution in [3.8, 4) is 0 Å². The maximum Gasteiger partial charge on any atom is 0.239 e. The fourth-order valence-corrected chi connectivity index (χ4v) is 1.45. The van der Waals surface area contributed by atoms with Gasteiger partial charge < -0.3 is 10.6 Å². The molecule has 0 spiro atoms. The number of likely N-dealkylation sites (N-methyl/N-ethyl adjacent to an activating group) is 1. The Bertz CT molecular complexity index is 409. The molecule has 0 heterocycles. The molecule has 0 saturated heterocycles. The largest absolute Gasteiger partial charge is 0.340 e. The smallest absolute Gasteiger partial charge is 0.239 e. The Kier molecular flexibility index (Phi) is 4.57. The summed E-state index contributed by atoms with van der Waals surface area (Å²) in [5.74, 6) is -2.02. The number of rotatable bonds is 4. The SMILES string of the molecule is CCC(N)C(=O)N(C)Cc1ccc(F)c(F)c1. The Morgan fingerprint density at radius 1 is 1.41 bits per heavy atom. The summed E-state index contributed by atoms with van der Waals surface area (Å²) in [7, 11) is 1.58. The summed E-state index contributed by atoms with van der Waals surface area (Å²) in [6, 6.07) is 3.02. The number of carbonyl (C=O) groups is 1. The van der Waals surface area contributed by atoms with E-state index in [4.69, 9.17) is 5.73 Å². The molecule has 1 atom stereocenters. The van der Waals surface area contributed by atoms with E-state index in [-0.39, 0.29) is 12.5 Å². The first-order valence-corrected chi connectivity index (χ1v) is 5.40. The van der Waals surface area contributed by atoms with Crippen LogP contribution in [0.3, 0.4) is 0 Å². The van der Waals surface area contributed by atoms with Crippen molar-refractivity contribution in [2.45, 2.75) is 25.9 Å². The summed E-state index contributed by atoms with van der Waals surface area (Å²) in [6.07, 6.45) is 0.543. The fraction of sp³-hybridized carbons (Fsp3) is 0.417. The van der Waals surface area contributed by atoms with E-state index in [9.17, 15) is 13.6 Å².